The van der Waals surface area contributed by atoms with Crippen LogP contribution < -0.4 is 0 Å². The van der Waals surface area contributed by atoms with E-state index < -0.39 is 54.5 Å². The van der Waals surface area contributed by atoms with E-state index in [9.17, 15) is 24.0 Å². The molecule has 5 atom stereocenters. The van der Waals surface area contributed by atoms with E-state index in [1.165, 1.54) is 6.20 Å². The maximum absolute atomic E-state index is 12.3. The minimum atomic E-state index is -1.54. The zero-order valence-corrected chi connectivity index (χ0v) is 16.7. The van der Waals surface area contributed by atoms with Gasteiger partial charge in [0.2, 0.25) is 0 Å². The molecule has 0 saturated carbocycles. The molecular formula is C17H21N3O10. The fraction of sp³-hybridized carbons (Fsp3) is 0.588. The van der Waals surface area contributed by atoms with E-state index >= 15 is 0 Å². The van der Waals surface area contributed by atoms with Gasteiger partial charge >= 0.3 is 23.9 Å². The van der Waals surface area contributed by atoms with Crippen molar-refractivity contribution in [2.75, 3.05) is 7.11 Å². The Balaban J connectivity index is 2.55. The van der Waals surface area contributed by atoms with E-state index in [1.807, 2.05) is 0 Å². The number of hydrogen-bond acceptors (Lipinski definition) is 12. The van der Waals surface area contributed by atoms with Crippen molar-refractivity contribution in [3.63, 3.8) is 0 Å². The molecule has 0 spiro atoms. The van der Waals surface area contributed by atoms with E-state index in [0.29, 0.717) is 6.29 Å². The number of ether oxygens (including phenoxy) is 5. The highest BCUT2D eigenvalue weighted by Crippen LogP contribution is 2.34. The van der Waals surface area contributed by atoms with Crippen molar-refractivity contribution in [2.45, 2.75) is 57.8 Å². The van der Waals surface area contributed by atoms with Crippen LogP contribution in [0.1, 0.15) is 32.7 Å². The second-order valence-electron chi connectivity index (χ2n) is 6.25. The summed E-state index contributed by atoms with van der Waals surface area (Å²) in [6, 6.07) is 0. The molecule has 1 unspecified atom stereocenters. The molecule has 164 valence electrons. The van der Waals surface area contributed by atoms with Crippen LogP contribution in [0.25, 0.3) is 0 Å². The maximum atomic E-state index is 12.3. The van der Waals surface area contributed by atoms with Crippen molar-refractivity contribution in [1.29, 1.82) is 0 Å². The Kier molecular flexibility index (Phi) is 7.58. The van der Waals surface area contributed by atoms with Gasteiger partial charge in [-0.15, -0.1) is 5.10 Å². The molecule has 0 amide bonds. The van der Waals surface area contributed by atoms with Crippen LogP contribution in [0.4, 0.5) is 0 Å². The normalized spacial score (nSPS) is 25.7. The van der Waals surface area contributed by atoms with E-state index in [0.717, 1.165) is 32.6 Å². The molecule has 0 aliphatic carbocycles. The van der Waals surface area contributed by atoms with E-state index in [4.69, 9.17) is 23.7 Å². The Morgan fingerprint density at radius 2 is 1.60 bits per heavy atom. The van der Waals surface area contributed by atoms with Crippen molar-refractivity contribution in [1.82, 2.24) is 15.0 Å². The van der Waals surface area contributed by atoms with Crippen LogP contribution in [-0.2, 0) is 54.1 Å². The Hall–Kier alpha value is -3.35. The summed E-state index contributed by atoms with van der Waals surface area (Å²) in [7, 11) is 1.09. The Labute approximate surface area is 170 Å². The summed E-state index contributed by atoms with van der Waals surface area (Å²) >= 11 is 0. The first-order chi connectivity index (χ1) is 14.2. The van der Waals surface area contributed by atoms with Crippen LogP contribution in [0.3, 0.4) is 0 Å². The molecule has 2 rings (SSSR count). The number of rotatable bonds is 7. The van der Waals surface area contributed by atoms with Crippen LogP contribution in [0.2, 0.25) is 0 Å². The van der Waals surface area contributed by atoms with Gasteiger partial charge < -0.3 is 28.5 Å². The predicted molar refractivity (Wildman–Crippen MR) is 92.4 cm³/mol. The fourth-order valence-electron chi connectivity index (χ4n) is 2.93. The summed E-state index contributed by atoms with van der Waals surface area (Å²) in [5.74, 6) is -3.29. The minimum absolute atomic E-state index is 0.0468. The lowest BCUT2D eigenvalue weighted by atomic mass is 9.97. The standard InChI is InChI=1S/C17H21N3O10/c1-8(22)27-12-13(28-9(2)23)15(17(25)26-4)30-16(14(12)29-10(3)24)20-7-11(5-6-21)18-19-20/h6-7,12-16H,5H2,1-4H3/t12-,13-,14?,15-,16+/m0/s1. The second kappa shape index (κ2) is 9.91. The van der Waals surface area contributed by atoms with Gasteiger partial charge in [-0.25, -0.2) is 9.48 Å². The molecule has 1 aliphatic heterocycles. The average molecular weight is 427 g/mol. The summed E-state index contributed by atoms with van der Waals surface area (Å²) in [4.78, 5) is 58.1. The van der Waals surface area contributed by atoms with Gasteiger partial charge in [-0.05, 0) is 0 Å². The monoisotopic (exact) mass is 427 g/mol. The molecular weight excluding hydrogens is 406 g/mol. The second-order valence-corrected chi connectivity index (χ2v) is 6.25. The van der Waals surface area contributed by atoms with Gasteiger partial charge in [-0.1, -0.05) is 5.21 Å². The average Bonchev–Trinajstić information content (AvgIpc) is 3.11. The number of nitrogens with zero attached hydrogens (tertiary/aromatic N) is 3. The van der Waals surface area contributed by atoms with Gasteiger partial charge in [0, 0.05) is 27.2 Å². The van der Waals surface area contributed by atoms with Crippen molar-refractivity contribution in [3.05, 3.63) is 11.9 Å². The molecule has 0 radical (unpaired) electrons. The van der Waals surface area contributed by atoms with E-state index in [-0.39, 0.29) is 12.1 Å². The van der Waals surface area contributed by atoms with Crippen LogP contribution in [0.15, 0.2) is 6.20 Å². The zero-order chi connectivity index (χ0) is 22.4. The highest BCUT2D eigenvalue weighted by molar-refractivity contribution is 5.77. The molecule has 1 aliphatic rings. The third-order valence-electron chi connectivity index (χ3n) is 3.96. The van der Waals surface area contributed by atoms with Gasteiger partial charge in [0.05, 0.1) is 19.0 Å². The quantitative estimate of drug-likeness (QED) is 0.293. The van der Waals surface area contributed by atoms with Gasteiger partial charge in [-0.2, -0.15) is 0 Å². The lowest BCUT2D eigenvalue weighted by molar-refractivity contribution is -0.265. The Morgan fingerprint density at radius 3 is 2.13 bits per heavy atom. The number of hydrogen-bond donors (Lipinski definition) is 0. The first-order valence-corrected chi connectivity index (χ1v) is 8.77. The third-order valence-corrected chi connectivity index (χ3v) is 3.96. The van der Waals surface area contributed by atoms with Crippen molar-refractivity contribution < 1.29 is 47.7 Å². The highest BCUT2D eigenvalue weighted by Gasteiger charge is 2.55. The Bertz CT molecular complexity index is 822. The molecule has 13 heteroatoms. The highest BCUT2D eigenvalue weighted by atomic mass is 16.7. The topological polar surface area (TPSA) is 162 Å². The van der Waals surface area contributed by atoms with Gasteiger partial charge in [0.1, 0.15) is 6.29 Å². The fourth-order valence-corrected chi connectivity index (χ4v) is 2.93. The van der Waals surface area contributed by atoms with Crippen LogP contribution in [-0.4, -0.2) is 76.7 Å². The van der Waals surface area contributed by atoms with E-state index in [1.54, 1.807) is 0 Å². The number of methoxy groups -OCH3 is 1. The van der Waals surface area contributed by atoms with Gasteiger partial charge in [-0.3, -0.25) is 14.4 Å². The number of aldehydes is 1. The summed E-state index contributed by atoms with van der Waals surface area (Å²) in [5.41, 5.74) is 0.274. The smallest absolute Gasteiger partial charge is 0.339 e. The number of esters is 4. The molecule has 1 fully saturated rings. The maximum Gasteiger partial charge on any atom is 0.339 e. The SMILES string of the molecule is COC(=O)[C@H]1O[C@@H](n2cc(CC=O)nn2)C(OC(C)=O)[C@@H](OC(C)=O)[C@@H]1OC(C)=O. The van der Waals surface area contributed by atoms with Crippen LogP contribution in [0, 0.1) is 0 Å². The van der Waals surface area contributed by atoms with Crippen molar-refractivity contribution in [3.8, 4) is 0 Å². The minimum Gasteiger partial charge on any atom is -0.467 e. The first kappa shape index (κ1) is 22.9. The predicted octanol–water partition coefficient (Wildman–Crippen LogP) is -1.11. The molecule has 1 aromatic heterocycles. The summed E-state index contributed by atoms with van der Waals surface area (Å²) in [5, 5.41) is 7.62. The van der Waals surface area contributed by atoms with Crippen molar-refractivity contribution >= 4 is 30.2 Å². The summed E-state index contributed by atoms with van der Waals surface area (Å²) < 4.78 is 27.2. The summed E-state index contributed by atoms with van der Waals surface area (Å²) in [6.45, 7) is 3.27. The lowest BCUT2D eigenvalue weighted by Crippen LogP contribution is -2.61. The molecule has 2 heterocycles. The molecule has 0 aromatic carbocycles. The number of carbonyl (C=O) groups is 5. The lowest BCUT2D eigenvalue weighted by Gasteiger charge is -2.43. The van der Waals surface area contributed by atoms with Crippen LogP contribution >= 0.6 is 0 Å². The molecule has 13 nitrogen and oxygen atoms in total. The molecule has 0 bridgehead atoms. The first-order valence-electron chi connectivity index (χ1n) is 8.77. The van der Waals surface area contributed by atoms with E-state index in [2.05, 4.69) is 10.3 Å². The summed E-state index contributed by atoms with van der Waals surface area (Å²) in [6.07, 6.45) is -5.25. The zero-order valence-electron chi connectivity index (χ0n) is 16.7. The number of aromatic nitrogens is 3. The molecule has 0 N–H and O–H groups in total. The van der Waals surface area contributed by atoms with Gasteiger partial charge in [0.25, 0.3) is 0 Å². The molecule has 1 aromatic rings. The third kappa shape index (κ3) is 5.37. The Morgan fingerprint density at radius 1 is 1.03 bits per heavy atom. The number of carbonyl (C=O) groups excluding carboxylic acids is 5. The molecule has 1 saturated heterocycles. The van der Waals surface area contributed by atoms with Gasteiger partial charge in [0.15, 0.2) is 30.6 Å². The molecule has 30 heavy (non-hydrogen) atoms. The largest absolute Gasteiger partial charge is 0.467 e. The van der Waals surface area contributed by atoms with Crippen LogP contribution in [0.5, 0.6) is 0 Å². The van der Waals surface area contributed by atoms with Crippen molar-refractivity contribution in [2.24, 2.45) is 0 Å².